The summed E-state index contributed by atoms with van der Waals surface area (Å²) in [5.74, 6) is 1.24. The van der Waals surface area contributed by atoms with Crippen LogP contribution in [0, 0.1) is 23.7 Å². The third kappa shape index (κ3) is 5.18. The number of carboxylic acid groups (broad SMARTS) is 1. The number of carboxylic acids is 1. The van der Waals surface area contributed by atoms with Crippen LogP contribution in [0.4, 0.5) is 0 Å². The molecule has 0 aromatic carbocycles. The van der Waals surface area contributed by atoms with Gasteiger partial charge >= 0.3 is 5.97 Å². The zero-order valence-corrected chi connectivity index (χ0v) is 14.2. The molecule has 0 bridgehead atoms. The Morgan fingerprint density at radius 1 is 1.26 bits per heavy atom. The van der Waals surface area contributed by atoms with Gasteiger partial charge in [-0.3, -0.25) is 4.79 Å². The first kappa shape index (κ1) is 18.2. The number of aliphatic hydroxyl groups excluding tert-OH is 2. The second-order valence-corrected chi connectivity index (χ2v) is 7.43. The first-order chi connectivity index (χ1) is 10.9. The summed E-state index contributed by atoms with van der Waals surface area (Å²) in [6.07, 6.45) is 9.17. The van der Waals surface area contributed by atoms with E-state index in [1.165, 1.54) is 18.4 Å². The van der Waals surface area contributed by atoms with E-state index in [1.807, 2.05) is 0 Å². The maximum absolute atomic E-state index is 10.6. The van der Waals surface area contributed by atoms with E-state index in [0.29, 0.717) is 30.1 Å². The highest BCUT2D eigenvalue weighted by molar-refractivity contribution is 5.67. The lowest BCUT2D eigenvalue weighted by molar-refractivity contribution is -0.139. The highest BCUT2D eigenvalue weighted by atomic mass is 16.4. The number of fused-ring (bicyclic) bond motifs is 1. The number of aliphatic hydroxyl groups is 2. The number of allylic oxidation sites excluding steroid dienone is 4. The molecule has 0 aromatic heterocycles. The average molecular weight is 322 g/mol. The van der Waals surface area contributed by atoms with Gasteiger partial charge in [-0.25, -0.2) is 0 Å². The zero-order chi connectivity index (χ0) is 17.0. The number of hydrogen-bond donors (Lipinski definition) is 3. The molecule has 4 heteroatoms. The Kier molecular flexibility index (Phi) is 6.42. The number of carbonyl (C=O) groups is 1. The van der Waals surface area contributed by atoms with Crippen LogP contribution in [-0.4, -0.2) is 33.5 Å². The van der Waals surface area contributed by atoms with Crippen molar-refractivity contribution in [3.8, 4) is 0 Å². The molecule has 3 N–H and O–H groups in total. The fraction of sp³-hybridized carbons (Fsp3) is 0.737. The zero-order valence-electron chi connectivity index (χ0n) is 14.2. The van der Waals surface area contributed by atoms with E-state index in [4.69, 9.17) is 5.11 Å². The summed E-state index contributed by atoms with van der Waals surface area (Å²) in [6.45, 7) is 4.50. The molecule has 0 radical (unpaired) electrons. The van der Waals surface area contributed by atoms with Crippen molar-refractivity contribution in [2.75, 3.05) is 0 Å². The van der Waals surface area contributed by atoms with Gasteiger partial charge in [0.05, 0.1) is 18.6 Å². The maximum Gasteiger partial charge on any atom is 0.305 e. The molecular weight excluding hydrogens is 292 g/mol. The van der Waals surface area contributed by atoms with Gasteiger partial charge in [-0.15, -0.1) is 0 Å². The second kappa shape index (κ2) is 8.11. The van der Waals surface area contributed by atoms with Crippen molar-refractivity contribution in [1.82, 2.24) is 0 Å². The largest absolute Gasteiger partial charge is 0.481 e. The summed E-state index contributed by atoms with van der Waals surface area (Å²) >= 11 is 0. The first-order valence-corrected chi connectivity index (χ1v) is 8.84. The fourth-order valence-electron chi connectivity index (χ4n) is 4.12. The van der Waals surface area contributed by atoms with Gasteiger partial charge in [-0.1, -0.05) is 32.1 Å². The van der Waals surface area contributed by atoms with E-state index in [-0.39, 0.29) is 12.8 Å². The third-order valence-electron chi connectivity index (χ3n) is 5.41. The minimum atomic E-state index is -1.03. The van der Waals surface area contributed by atoms with E-state index in [0.717, 1.165) is 6.42 Å². The molecule has 2 aliphatic rings. The van der Waals surface area contributed by atoms with Gasteiger partial charge in [0.2, 0.25) is 0 Å². The van der Waals surface area contributed by atoms with Gasteiger partial charge < -0.3 is 15.3 Å². The van der Waals surface area contributed by atoms with Crippen LogP contribution in [0.1, 0.15) is 52.4 Å². The molecule has 6 atom stereocenters. The standard InChI is InChI=1S/C19H30O4/c1-12-3-7-18-14(9-12)5-4-13(2)17(18)8-6-15(20)10-16(21)11-19(22)23/h4-5,9,12-13,15-18,20-21H,3,6-8,10-11H2,1-2H3,(H,22,23). The Morgan fingerprint density at radius 2 is 2.00 bits per heavy atom. The molecule has 23 heavy (non-hydrogen) atoms. The molecule has 130 valence electrons. The predicted octanol–water partition coefficient (Wildman–Crippen LogP) is 3.15. The molecule has 0 saturated heterocycles. The van der Waals surface area contributed by atoms with Crippen LogP contribution < -0.4 is 0 Å². The lowest BCUT2D eigenvalue weighted by Crippen LogP contribution is -2.30. The van der Waals surface area contributed by atoms with Crippen molar-refractivity contribution in [2.24, 2.45) is 23.7 Å². The molecule has 0 heterocycles. The van der Waals surface area contributed by atoms with E-state index >= 15 is 0 Å². The van der Waals surface area contributed by atoms with Crippen molar-refractivity contribution in [1.29, 1.82) is 0 Å². The number of rotatable bonds is 7. The molecular formula is C19H30O4. The molecule has 0 saturated carbocycles. The van der Waals surface area contributed by atoms with Crippen molar-refractivity contribution < 1.29 is 20.1 Å². The molecule has 0 aliphatic heterocycles. The van der Waals surface area contributed by atoms with E-state index in [1.54, 1.807) is 0 Å². The fourth-order valence-corrected chi connectivity index (χ4v) is 4.12. The topological polar surface area (TPSA) is 77.8 Å². The maximum atomic E-state index is 10.6. The third-order valence-corrected chi connectivity index (χ3v) is 5.41. The minimum Gasteiger partial charge on any atom is -0.481 e. The van der Waals surface area contributed by atoms with Crippen LogP contribution in [0.25, 0.3) is 0 Å². The summed E-state index contributed by atoms with van der Waals surface area (Å²) < 4.78 is 0. The lowest BCUT2D eigenvalue weighted by Gasteiger charge is -2.39. The summed E-state index contributed by atoms with van der Waals surface area (Å²) in [5.41, 5.74) is 1.45. The van der Waals surface area contributed by atoms with Gasteiger partial charge in [-0.05, 0) is 61.3 Å². The monoisotopic (exact) mass is 322 g/mol. The second-order valence-electron chi connectivity index (χ2n) is 7.43. The van der Waals surface area contributed by atoms with E-state index in [9.17, 15) is 15.0 Å². The van der Waals surface area contributed by atoms with Gasteiger partial charge in [0.25, 0.3) is 0 Å². The summed E-state index contributed by atoms with van der Waals surface area (Å²) in [7, 11) is 0. The number of hydrogen-bond acceptors (Lipinski definition) is 3. The summed E-state index contributed by atoms with van der Waals surface area (Å²) in [5, 5.41) is 28.4. The van der Waals surface area contributed by atoms with Crippen molar-refractivity contribution >= 4 is 5.97 Å². The Bertz CT molecular complexity index is 468. The quantitative estimate of drug-likeness (QED) is 0.673. The van der Waals surface area contributed by atoms with Crippen LogP contribution >= 0.6 is 0 Å². The van der Waals surface area contributed by atoms with Crippen LogP contribution in [-0.2, 0) is 4.79 Å². The highest BCUT2D eigenvalue weighted by Gasteiger charge is 2.33. The lowest BCUT2D eigenvalue weighted by atomic mass is 9.66. The average Bonchev–Trinajstić information content (AvgIpc) is 2.45. The van der Waals surface area contributed by atoms with Crippen LogP contribution in [0.15, 0.2) is 23.8 Å². The van der Waals surface area contributed by atoms with Crippen LogP contribution in [0.5, 0.6) is 0 Å². The van der Waals surface area contributed by atoms with E-state index < -0.39 is 18.2 Å². The number of aliphatic carboxylic acids is 1. The van der Waals surface area contributed by atoms with Gasteiger partial charge in [0.1, 0.15) is 0 Å². The molecule has 0 aromatic rings. The molecule has 4 nitrogen and oxygen atoms in total. The normalized spacial score (nSPS) is 32.8. The summed E-state index contributed by atoms with van der Waals surface area (Å²) in [4.78, 5) is 10.6. The minimum absolute atomic E-state index is 0.146. The van der Waals surface area contributed by atoms with Gasteiger partial charge in [0.15, 0.2) is 0 Å². The molecule has 0 fully saturated rings. The Balaban J connectivity index is 1.88. The van der Waals surface area contributed by atoms with Crippen molar-refractivity contribution in [3.05, 3.63) is 23.8 Å². The van der Waals surface area contributed by atoms with Crippen LogP contribution in [0.3, 0.4) is 0 Å². The smallest absolute Gasteiger partial charge is 0.305 e. The van der Waals surface area contributed by atoms with Gasteiger partial charge in [0, 0.05) is 0 Å². The summed E-state index contributed by atoms with van der Waals surface area (Å²) in [6, 6.07) is 0. The van der Waals surface area contributed by atoms with Gasteiger partial charge in [-0.2, -0.15) is 0 Å². The Morgan fingerprint density at radius 3 is 2.70 bits per heavy atom. The Labute approximate surface area is 138 Å². The SMILES string of the molecule is CC1C=C2C=CC(C)C(CCC(O)CC(O)CC(=O)O)C2CC1. The molecule has 0 spiro atoms. The highest BCUT2D eigenvalue weighted by Crippen LogP contribution is 2.43. The van der Waals surface area contributed by atoms with Crippen LogP contribution in [0.2, 0.25) is 0 Å². The molecule has 2 rings (SSSR count). The molecule has 0 amide bonds. The first-order valence-electron chi connectivity index (χ1n) is 8.84. The van der Waals surface area contributed by atoms with E-state index in [2.05, 4.69) is 32.1 Å². The molecule has 6 unspecified atom stereocenters. The van der Waals surface area contributed by atoms with Crippen molar-refractivity contribution in [2.45, 2.75) is 64.6 Å². The molecule has 2 aliphatic carbocycles. The van der Waals surface area contributed by atoms with Crippen molar-refractivity contribution in [3.63, 3.8) is 0 Å². The predicted molar refractivity (Wildman–Crippen MR) is 89.9 cm³/mol. The Hall–Kier alpha value is -1.13.